The molecule has 22 heavy (non-hydrogen) atoms. The van der Waals surface area contributed by atoms with Gasteiger partial charge in [0.2, 0.25) is 0 Å². The SMILES string of the molecule is CCc1ccc(CC(=O)CCC(=O)CCOS(=O)(=O)OC)o1. The fourth-order valence-electron chi connectivity index (χ4n) is 1.70. The van der Waals surface area contributed by atoms with Crippen LogP contribution in [0.4, 0.5) is 0 Å². The van der Waals surface area contributed by atoms with Crippen LogP contribution < -0.4 is 0 Å². The number of hydrogen-bond donors (Lipinski definition) is 0. The van der Waals surface area contributed by atoms with Gasteiger partial charge in [-0.3, -0.25) is 13.8 Å². The number of ketones is 2. The predicted octanol–water partition coefficient (Wildman–Crippen LogP) is 1.60. The van der Waals surface area contributed by atoms with E-state index in [9.17, 15) is 18.0 Å². The summed E-state index contributed by atoms with van der Waals surface area (Å²) in [4.78, 5) is 23.3. The lowest BCUT2D eigenvalue weighted by atomic mass is 10.1. The second-order valence-electron chi connectivity index (χ2n) is 4.62. The lowest BCUT2D eigenvalue weighted by molar-refractivity contribution is -0.124. The van der Waals surface area contributed by atoms with Crippen molar-refractivity contribution in [2.75, 3.05) is 13.7 Å². The van der Waals surface area contributed by atoms with Gasteiger partial charge in [-0.1, -0.05) is 6.92 Å². The third-order valence-corrected chi connectivity index (χ3v) is 3.80. The van der Waals surface area contributed by atoms with E-state index < -0.39 is 10.4 Å². The Morgan fingerprint density at radius 2 is 1.73 bits per heavy atom. The molecule has 0 aliphatic rings. The molecular formula is C14H20O7S. The van der Waals surface area contributed by atoms with Crippen LogP contribution in [0.3, 0.4) is 0 Å². The summed E-state index contributed by atoms with van der Waals surface area (Å²) < 4.78 is 35.6. The standard InChI is InChI=1S/C14H20O7S/c1-3-13-6-7-14(21-13)10-12(16)5-4-11(15)8-9-20-22(17,18)19-2/h6-7H,3-5,8-10H2,1-2H3. The van der Waals surface area contributed by atoms with Gasteiger partial charge in [0.05, 0.1) is 20.1 Å². The van der Waals surface area contributed by atoms with Crippen molar-refractivity contribution in [3.63, 3.8) is 0 Å². The van der Waals surface area contributed by atoms with E-state index in [4.69, 9.17) is 4.42 Å². The predicted molar refractivity (Wildman–Crippen MR) is 77.5 cm³/mol. The lowest BCUT2D eigenvalue weighted by Crippen LogP contribution is -2.12. The van der Waals surface area contributed by atoms with Crippen molar-refractivity contribution in [2.24, 2.45) is 0 Å². The Morgan fingerprint density at radius 1 is 1.09 bits per heavy atom. The van der Waals surface area contributed by atoms with Crippen molar-refractivity contribution in [3.05, 3.63) is 23.7 Å². The summed E-state index contributed by atoms with van der Waals surface area (Å²) in [6, 6.07) is 3.57. The number of Topliss-reactive ketones (excluding diaryl/α,β-unsaturated/α-hetero) is 2. The molecule has 0 aliphatic heterocycles. The highest BCUT2D eigenvalue weighted by Gasteiger charge is 2.13. The summed E-state index contributed by atoms with van der Waals surface area (Å²) in [5.41, 5.74) is 0. The zero-order chi connectivity index (χ0) is 16.6. The molecule has 7 nitrogen and oxygen atoms in total. The highest BCUT2D eigenvalue weighted by molar-refractivity contribution is 7.81. The maximum Gasteiger partial charge on any atom is 0.399 e. The van der Waals surface area contributed by atoms with Gasteiger partial charge in [-0.2, -0.15) is 8.42 Å². The minimum Gasteiger partial charge on any atom is -0.466 e. The maximum atomic E-state index is 11.7. The zero-order valence-corrected chi connectivity index (χ0v) is 13.5. The Bertz CT molecular complexity index is 600. The van der Waals surface area contributed by atoms with Crippen LogP contribution >= 0.6 is 0 Å². The highest BCUT2D eigenvalue weighted by atomic mass is 32.3. The summed E-state index contributed by atoms with van der Waals surface area (Å²) >= 11 is 0. The van der Waals surface area contributed by atoms with Gasteiger partial charge in [-0.15, -0.1) is 0 Å². The van der Waals surface area contributed by atoms with E-state index in [2.05, 4.69) is 8.37 Å². The Kier molecular flexibility index (Phi) is 7.43. The molecule has 0 saturated carbocycles. The van der Waals surface area contributed by atoms with Crippen LogP contribution in [0.1, 0.15) is 37.7 Å². The normalized spacial score (nSPS) is 11.5. The molecule has 0 aromatic carbocycles. The molecular weight excluding hydrogens is 312 g/mol. The minimum absolute atomic E-state index is 0.0521. The van der Waals surface area contributed by atoms with Crippen molar-refractivity contribution in [1.82, 2.24) is 0 Å². The Morgan fingerprint density at radius 3 is 2.32 bits per heavy atom. The molecule has 0 bridgehead atoms. The molecule has 1 aromatic heterocycles. The monoisotopic (exact) mass is 332 g/mol. The van der Waals surface area contributed by atoms with Gasteiger partial charge < -0.3 is 4.42 Å². The molecule has 124 valence electrons. The van der Waals surface area contributed by atoms with Crippen LogP contribution in [0.15, 0.2) is 16.5 Å². The van der Waals surface area contributed by atoms with E-state index in [1.807, 2.05) is 13.0 Å². The second kappa shape index (κ2) is 8.82. The third kappa shape index (κ3) is 6.97. The summed E-state index contributed by atoms with van der Waals surface area (Å²) in [6.45, 7) is 1.66. The Hall–Kier alpha value is -1.51. The van der Waals surface area contributed by atoms with Crippen molar-refractivity contribution < 1.29 is 30.8 Å². The maximum absolute atomic E-state index is 11.7. The first-order valence-electron chi connectivity index (χ1n) is 6.92. The molecule has 0 saturated heterocycles. The third-order valence-electron chi connectivity index (χ3n) is 2.93. The number of rotatable bonds is 11. The number of aryl methyl sites for hydroxylation is 1. The fourth-order valence-corrected chi connectivity index (χ4v) is 2.08. The van der Waals surface area contributed by atoms with E-state index in [1.54, 1.807) is 6.07 Å². The van der Waals surface area contributed by atoms with Crippen LogP contribution in [0.5, 0.6) is 0 Å². The number of carbonyl (C=O) groups excluding carboxylic acids is 2. The first-order valence-corrected chi connectivity index (χ1v) is 8.25. The molecule has 0 unspecified atom stereocenters. The molecule has 0 atom stereocenters. The molecule has 1 aromatic rings. The largest absolute Gasteiger partial charge is 0.466 e. The van der Waals surface area contributed by atoms with Crippen molar-refractivity contribution in [1.29, 1.82) is 0 Å². The highest BCUT2D eigenvalue weighted by Crippen LogP contribution is 2.11. The molecule has 1 heterocycles. The summed E-state index contributed by atoms with van der Waals surface area (Å²) in [5, 5.41) is 0. The lowest BCUT2D eigenvalue weighted by Gasteiger charge is -2.02. The summed E-state index contributed by atoms with van der Waals surface area (Å²) in [6.07, 6.45) is 0.976. The van der Waals surface area contributed by atoms with Gasteiger partial charge in [0.15, 0.2) is 0 Å². The number of furan rings is 1. The first-order chi connectivity index (χ1) is 10.4. The van der Waals surface area contributed by atoms with E-state index in [1.165, 1.54) is 0 Å². The van der Waals surface area contributed by atoms with Crippen molar-refractivity contribution in [3.8, 4) is 0 Å². The second-order valence-corrected chi connectivity index (χ2v) is 6.01. The molecule has 0 fully saturated rings. The van der Waals surface area contributed by atoms with Crippen LogP contribution in [0.2, 0.25) is 0 Å². The molecule has 0 aliphatic carbocycles. The van der Waals surface area contributed by atoms with Gasteiger partial charge in [-0.25, -0.2) is 4.18 Å². The molecule has 1 rings (SSSR count). The Balaban J connectivity index is 2.24. The van der Waals surface area contributed by atoms with Gasteiger partial charge in [0, 0.05) is 25.7 Å². The average molecular weight is 332 g/mol. The van der Waals surface area contributed by atoms with Gasteiger partial charge in [-0.05, 0) is 12.1 Å². The molecule has 0 amide bonds. The summed E-state index contributed by atoms with van der Waals surface area (Å²) in [5.74, 6) is 1.06. The van der Waals surface area contributed by atoms with Crippen LogP contribution in [-0.2, 0) is 41.2 Å². The minimum atomic E-state index is -4.02. The number of hydrogen-bond acceptors (Lipinski definition) is 7. The molecule has 0 N–H and O–H groups in total. The Labute approximate surface area is 129 Å². The van der Waals surface area contributed by atoms with Gasteiger partial charge in [0.25, 0.3) is 0 Å². The van der Waals surface area contributed by atoms with E-state index in [-0.39, 0.29) is 43.9 Å². The quantitative estimate of drug-likeness (QED) is 0.606. The smallest absolute Gasteiger partial charge is 0.399 e. The van der Waals surface area contributed by atoms with Gasteiger partial charge in [0.1, 0.15) is 23.1 Å². The molecule has 8 heteroatoms. The van der Waals surface area contributed by atoms with E-state index in [0.717, 1.165) is 19.3 Å². The molecule has 0 radical (unpaired) electrons. The fraction of sp³-hybridized carbons (Fsp3) is 0.571. The number of carbonyl (C=O) groups is 2. The summed E-state index contributed by atoms with van der Waals surface area (Å²) in [7, 11) is -3.05. The average Bonchev–Trinajstić information content (AvgIpc) is 2.92. The van der Waals surface area contributed by atoms with Crippen LogP contribution in [0, 0.1) is 0 Å². The van der Waals surface area contributed by atoms with E-state index >= 15 is 0 Å². The van der Waals surface area contributed by atoms with Crippen molar-refractivity contribution in [2.45, 2.75) is 39.0 Å². The van der Waals surface area contributed by atoms with Crippen molar-refractivity contribution >= 4 is 22.0 Å². The zero-order valence-electron chi connectivity index (χ0n) is 12.7. The van der Waals surface area contributed by atoms with Crippen LogP contribution in [-0.4, -0.2) is 33.7 Å². The van der Waals surface area contributed by atoms with Gasteiger partial charge >= 0.3 is 10.4 Å². The van der Waals surface area contributed by atoms with Crippen LogP contribution in [0.25, 0.3) is 0 Å². The first kappa shape index (κ1) is 18.5. The van der Waals surface area contributed by atoms with E-state index in [0.29, 0.717) is 5.76 Å². The molecule has 0 spiro atoms. The topological polar surface area (TPSA) is 99.9 Å².